The number of rotatable bonds is 5. The van der Waals surface area contributed by atoms with Crippen molar-refractivity contribution in [1.29, 1.82) is 0 Å². The summed E-state index contributed by atoms with van der Waals surface area (Å²) in [4.78, 5) is 33.2. The van der Waals surface area contributed by atoms with Gasteiger partial charge in [-0.15, -0.1) is 0 Å². The largest absolute Gasteiger partial charge is 0.347 e. The monoisotopic (exact) mass is 580 g/mol. The number of para-hydroxylation sites is 1. The van der Waals surface area contributed by atoms with Gasteiger partial charge in [-0.05, 0) is 77.2 Å². The summed E-state index contributed by atoms with van der Waals surface area (Å²) in [6.45, 7) is 3.04. The van der Waals surface area contributed by atoms with E-state index >= 15 is 0 Å². The highest BCUT2D eigenvalue weighted by molar-refractivity contribution is 6.35. The van der Waals surface area contributed by atoms with Crippen molar-refractivity contribution in [3.63, 3.8) is 0 Å². The zero-order valence-corrected chi connectivity index (χ0v) is 23.8. The minimum absolute atomic E-state index is 0.186. The number of hydrogen-bond acceptors (Lipinski definition) is 3. The van der Waals surface area contributed by atoms with Gasteiger partial charge in [0.05, 0.1) is 23.7 Å². The minimum atomic E-state index is -0.203. The van der Waals surface area contributed by atoms with Crippen LogP contribution in [0.2, 0.25) is 10.0 Å². The Kier molecular flexibility index (Phi) is 7.35. The van der Waals surface area contributed by atoms with Crippen LogP contribution >= 0.6 is 23.2 Å². The van der Waals surface area contributed by atoms with Crippen molar-refractivity contribution in [3.8, 4) is 11.1 Å². The van der Waals surface area contributed by atoms with Gasteiger partial charge in [-0.3, -0.25) is 14.6 Å². The third-order valence-electron chi connectivity index (χ3n) is 7.43. The third-order valence-corrected chi connectivity index (χ3v) is 8.17. The molecule has 204 valence electrons. The van der Waals surface area contributed by atoms with Crippen LogP contribution in [-0.4, -0.2) is 21.4 Å². The van der Waals surface area contributed by atoms with Crippen LogP contribution in [0.4, 0.5) is 5.69 Å². The van der Waals surface area contributed by atoms with E-state index in [-0.39, 0.29) is 11.8 Å². The second-order valence-electron chi connectivity index (χ2n) is 9.97. The molecule has 0 bridgehead atoms. The van der Waals surface area contributed by atoms with Crippen LogP contribution in [0.25, 0.3) is 11.1 Å². The molecule has 3 aromatic carbocycles. The highest BCUT2D eigenvalue weighted by Crippen LogP contribution is 2.35. The average molecular weight is 582 g/mol. The van der Waals surface area contributed by atoms with Gasteiger partial charge in [-0.2, -0.15) is 0 Å². The van der Waals surface area contributed by atoms with Gasteiger partial charge in [0.1, 0.15) is 5.69 Å². The number of carbonyl (C=O) groups excluding carboxylic acids is 2. The molecule has 0 saturated heterocycles. The lowest BCUT2D eigenvalue weighted by molar-refractivity contribution is 0.0941. The first-order valence-electron chi connectivity index (χ1n) is 13.2. The number of pyridine rings is 1. The van der Waals surface area contributed by atoms with E-state index in [2.05, 4.69) is 10.3 Å². The number of amides is 2. The lowest BCUT2D eigenvalue weighted by atomic mass is 9.97. The standard InChI is InChI=1S/C33H26Cl2N4O2/c1-21-27(23-8-10-25(34)11-9-23)13-14-28(31(21)35)33(41)39-20-26-12-15-30(32(40)37-18-22-5-4-16-36-17-22)38(26)19-24-6-2-3-7-29(24)39/h2-17H,18-20H2,1H3,(H,37,40). The molecule has 41 heavy (non-hydrogen) atoms. The summed E-state index contributed by atoms with van der Waals surface area (Å²) in [6.07, 6.45) is 3.43. The predicted molar refractivity (Wildman–Crippen MR) is 163 cm³/mol. The molecule has 8 heteroatoms. The van der Waals surface area contributed by atoms with E-state index in [0.29, 0.717) is 40.9 Å². The second-order valence-corrected chi connectivity index (χ2v) is 10.8. The number of hydrogen-bond donors (Lipinski definition) is 1. The van der Waals surface area contributed by atoms with Crippen LogP contribution in [0.1, 0.15) is 43.2 Å². The molecule has 0 aliphatic carbocycles. The summed E-state index contributed by atoms with van der Waals surface area (Å²) in [7, 11) is 0. The van der Waals surface area contributed by atoms with Crippen molar-refractivity contribution < 1.29 is 9.59 Å². The molecule has 0 fully saturated rings. The van der Waals surface area contributed by atoms with Crippen LogP contribution in [0.15, 0.2) is 97.3 Å². The summed E-state index contributed by atoms with van der Waals surface area (Å²) in [5.74, 6) is -0.390. The van der Waals surface area contributed by atoms with E-state index < -0.39 is 0 Å². The molecule has 0 saturated carbocycles. The Hall–Kier alpha value is -4.39. The number of benzene rings is 3. The lowest BCUT2D eigenvalue weighted by Gasteiger charge is -2.24. The molecule has 5 aromatic rings. The van der Waals surface area contributed by atoms with Gasteiger partial charge in [-0.25, -0.2) is 0 Å². The Morgan fingerprint density at radius 2 is 1.71 bits per heavy atom. The number of anilines is 1. The first kappa shape index (κ1) is 26.8. The van der Waals surface area contributed by atoms with Crippen molar-refractivity contribution in [3.05, 3.63) is 141 Å². The molecule has 2 amide bonds. The van der Waals surface area contributed by atoms with E-state index in [1.54, 1.807) is 23.4 Å². The first-order chi connectivity index (χ1) is 19.9. The maximum Gasteiger partial charge on any atom is 0.268 e. The smallest absolute Gasteiger partial charge is 0.268 e. The fraction of sp³-hybridized carbons (Fsp3) is 0.121. The van der Waals surface area contributed by atoms with E-state index in [0.717, 1.165) is 39.2 Å². The topological polar surface area (TPSA) is 67.2 Å². The highest BCUT2D eigenvalue weighted by atomic mass is 35.5. The van der Waals surface area contributed by atoms with E-state index in [1.807, 2.05) is 90.4 Å². The summed E-state index contributed by atoms with van der Waals surface area (Å²) < 4.78 is 1.97. The molecule has 2 aromatic heterocycles. The molecule has 0 unspecified atom stereocenters. The molecule has 0 atom stereocenters. The van der Waals surface area contributed by atoms with Crippen LogP contribution < -0.4 is 10.2 Å². The maximum atomic E-state index is 14.1. The molecule has 1 N–H and O–H groups in total. The average Bonchev–Trinajstić information content (AvgIpc) is 3.31. The first-order valence-corrected chi connectivity index (χ1v) is 14.0. The highest BCUT2D eigenvalue weighted by Gasteiger charge is 2.29. The fourth-order valence-electron chi connectivity index (χ4n) is 5.25. The van der Waals surface area contributed by atoms with Crippen molar-refractivity contribution in [2.45, 2.75) is 26.6 Å². The quantitative estimate of drug-likeness (QED) is 0.237. The van der Waals surface area contributed by atoms with Crippen LogP contribution in [0.5, 0.6) is 0 Å². The maximum absolute atomic E-state index is 14.1. The summed E-state index contributed by atoms with van der Waals surface area (Å²) in [5, 5.41) is 4.05. The van der Waals surface area contributed by atoms with Gasteiger partial charge in [0, 0.05) is 35.3 Å². The molecular formula is C33H26Cl2N4O2. The molecule has 3 heterocycles. The van der Waals surface area contributed by atoms with Crippen molar-refractivity contribution in [1.82, 2.24) is 14.9 Å². The number of fused-ring (bicyclic) bond motifs is 2. The number of halogens is 2. The van der Waals surface area contributed by atoms with Crippen molar-refractivity contribution in [2.24, 2.45) is 0 Å². The zero-order valence-electron chi connectivity index (χ0n) is 22.3. The molecule has 6 nitrogen and oxygen atoms in total. The third kappa shape index (κ3) is 5.24. The molecular weight excluding hydrogens is 555 g/mol. The predicted octanol–water partition coefficient (Wildman–Crippen LogP) is 7.30. The van der Waals surface area contributed by atoms with Crippen molar-refractivity contribution in [2.75, 3.05) is 4.90 Å². The van der Waals surface area contributed by atoms with Gasteiger partial charge in [0.2, 0.25) is 0 Å². The molecule has 6 rings (SSSR count). The Bertz CT molecular complexity index is 1760. The molecule has 1 aliphatic rings. The van der Waals surface area contributed by atoms with Gasteiger partial charge in [0.25, 0.3) is 11.8 Å². The van der Waals surface area contributed by atoms with E-state index in [1.165, 1.54) is 0 Å². The number of aromatic nitrogens is 2. The Morgan fingerprint density at radius 3 is 2.49 bits per heavy atom. The van der Waals surface area contributed by atoms with E-state index in [9.17, 15) is 9.59 Å². The Labute approximate surface area is 248 Å². The molecule has 1 aliphatic heterocycles. The zero-order chi connectivity index (χ0) is 28.5. The number of nitrogens with one attached hydrogen (secondary N) is 1. The molecule has 0 radical (unpaired) electrons. The Balaban J connectivity index is 1.32. The normalized spacial score (nSPS) is 12.3. The Morgan fingerprint density at radius 1 is 0.902 bits per heavy atom. The van der Waals surface area contributed by atoms with Gasteiger partial charge in [-0.1, -0.05) is 65.7 Å². The van der Waals surface area contributed by atoms with E-state index in [4.69, 9.17) is 23.2 Å². The lowest BCUT2D eigenvalue weighted by Crippen LogP contribution is -2.31. The number of carbonyl (C=O) groups is 2. The van der Waals surface area contributed by atoms with Gasteiger partial charge >= 0.3 is 0 Å². The van der Waals surface area contributed by atoms with Gasteiger partial charge < -0.3 is 14.8 Å². The van der Waals surface area contributed by atoms with Crippen LogP contribution in [0.3, 0.4) is 0 Å². The van der Waals surface area contributed by atoms with Crippen LogP contribution in [0, 0.1) is 6.92 Å². The summed E-state index contributed by atoms with van der Waals surface area (Å²) >= 11 is 12.9. The molecule has 0 spiro atoms. The summed E-state index contributed by atoms with van der Waals surface area (Å²) in [5.41, 5.74) is 7.18. The fourth-order valence-corrected chi connectivity index (χ4v) is 5.62. The SMILES string of the molecule is Cc1c(-c2ccc(Cl)cc2)ccc(C(=O)N2Cc3ccc(C(=O)NCc4cccnc4)n3Cc3ccccc32)c1Cl. The van der Waals surface area contributed by atoms with Crippen LogP contribution in [-0.2, 0) is 19.6 Å². The number of nitrogens with zero attached hydrogens (tertiary/aromatic N) is 3. The van der Waals surface area contributed by atoms with Gasteiger partial charge in [0.15, 0.2) is 0 Å². The minimum Gasteiger partial charge on any atom is -0.347 e. The second kappa shape index (κ2) is 11.2. The summed E-state index contributed by atoms with van der Waals surface area (Å²) in [6, 6.07) is 26.5. The van der Waals surface area contributed by atoms with Crippen molar-refractivity contribution >= 4 is 40.7 Å².